The summed E-state index contributed by atoms with van der Waals surface area (Å²) in [4.78, 5) is 14.4. The van der Waals surface area contributed by atoms with E-state index < -0.39 is 11.2 Å². The second kappa shape index (κ2) is 4.26. The highest BCUT2D eigenvalue weighted by Crippen LogP contribution is 2.43. The van der Waals surface area contributed by atoms with Crippen molar-refractivity contribution in [1.82, 2.24) is 0 Å². The molecule has 2 rings (SSSR count). The Morgan fingerprint density at radius 1 is 1.41 bits per heavy atom. The molecule has 0 aliphatic carbocycles. The molecule has 4 heteroatoms. The highest BCUT2D eigenvalue weighted by molar-refractivity contribution is 8.01. The zero-order chi connectivity index (χ0) is 12.7. The molecule has 0 fully saturated rings. The van der Waals surface area contributed by atoms with Crippen LogP contribution in [0.25, 0.3) is 0 Å². The van der Waals surface area contributed by atoms with Gasteiger partial charge >= 0.3 is 5.97 Å². The molecule has 1 N–H and O–H groups in total. The number of thioether (sulfide) groups is 1. The van der Waals surface area contributed by atoms with Crippen LogP contribution in [-0.2, 0) is 4.79 Å². The summed E-state index contributed by atoms with van der Waals surface area (Å²) < 4.78 is 0. The first kappa shape index (κ1) is 12.3. The molecule has 2 unspecified atom stereocenters. The number of benzene rings is 1. The van der Waals surface area contributed by atoms with Gasteiger partial charge in [-0.25, -0.2) is 0 Å². The standard InChI is InChI=1S/C13H17NO2S/c1-7-5-6-10-11(8(7)2)14(4)9(3)12(17-10)13(15)16/h5-6,9,12H,1-4H3,(H,15,16). The second-order valence-electron chi connectivity index (χ2n) is 4.58. The minimum atomic E-state index is -0.738. The van der Waals surface area contributed by atoms with Gasteiger partial charge in [0.15, 0.2) is 0 Å². The minimum absolute atomic E-state index is 0.00509. The summed E-state index contributed by atoms with van der Waals surface area (Å²) >= 11 is 1.46. The number of aliphatic carboxylic acids is 1. The lowest BCUT2D eigenvalue weighted by atomic mass is 10.0. The van der Waals surface area contributed by atoms with Crippen LogP contribution < -0.4 is 4.90 Å². The number of fused-ring (bicyclic) bond motifs is 1. The molecule has 3 nitrogen and oxygen atoms in total. The second-order valence-corrected chi connectivity index (χ2v) is 5.77. The fourth-order valence-electron chi connectivity index (χ4n) is 2.21. The van der Waals surface area contributed by atoms with Gasteiger partial charge < -0.3 is 10.0 Å². The predicted molar refractivity (Wildman–Crippen MR) is 71.1 cm³/mol. The lowest BCUT2D eigenvalue weighted by molar-refractivity contribution is -0.136. The molecule has 1 heterocycles. The van der Waals surface area contributed by atoms with Crippen LogP contribution in [0.4, 0.5) is 5.69 Å². The van der Waals surface area contributed by atoms with Crippen molar-refractivity contribution in [3.8, 4) is 0 Å². The van der Waals surface area contributed by atoms with E-state index in [1.807, 2.05) is 20.0 Å². The van der Waals surface area contributed by atoms with Gasteiger partial charge in [0.05, 0.1) is 5.69 Å². The van der Waals surface area contributed by atoms with Crippen LogP contribution in [0.2, 0.25) is 0 Å². The Hall–Kier alpha value is -1.16. The van der Waals surface area contributed by atoms with Gasteiger partial charge in [-0.15, -0.1) is 11.8 Å². The fraction of sp³-hybridized carbons (Fsp3) is 0.462. The van der Waals surface area contributed by atoms with Crippen LogP contribution >= 0.6 is 11.8 Å². The predicted octanol–water partition coefficient (Wildman–Crippen LogP) is 2.69. The largest absolute Gasteiger partial charge is 0.480 e. The molecule has 17 heavy (non-hydrogen) atoms. The van der Waals surface area contributed by atoms with Crippen LogP contribution in [0.1, 0.15) is 18.1 Å². The van der Waals surface area contributed by atoms with Crippen LogP contribution in [-0.4, -0.2) is 29.4 Å². The van der Waals surface area contributed by atoms with Gasteiger partial charge in [-0.05, 0) is 38.0 Å². The first-order valence-corrected chi connectivity index (χ1v) is 6.54. The van der Waals surface area contributed by atoms with Crippen molar-refractivity contribution in [1.29, 1.82) is 0 Å². The third-order valence-electron chi connectivity index (χ3n) is 3.56. The lowest BCUT2D eigenvalue weighted by Crippen LogP contribution is -2.44. The number of anilines is 1. The van der Waals surface area contributed by atoms with Crippen molar-refractivity contribution in [2.45, 2.75) is 37.0 Å². The van der Waals surface area contributed by atoms with Crippen molar-refractivity contribution in [2.75, 3.05) is 11.9 Å². The molecular weight excluding hydrogens is 234 g/mol. The summed E-state index contributed by atoms with van der Waals surface area (Å²) in [5.74, 6) is -0.738. The van der Waals surface area contributed by atoms with Gasteiger partial charge in [0, 0.05) is 18.0 Å². The van der Waals surface area contributed by atoms with E-state index in [1.165, 1.54) is 28.6 Å². The van der Waals surface area contributed by atoms with Crippen LogP contribution in [0, 0.1) is 13.8 Å². The lowest BCUT2D eigenvalue weighted by Gasteiger charge is -2.38. The number of rotatable bonds is 1. The molecule has 1 aliphatic rings. The average Bonchev–Trinajstić information content (AvgIpc) is 2.27. The summed E-state index contributed by atoms with van der Waals surface area (Å²) in [6, 6.07) is 4.09. The zero-order valence-corrected chi connectivity index (χ0v) is 11.3. The summed E-state index contributed by atoms with van der Waals surface area (Å²) in [6.07, 6.45) is 0. The number of nitrogens with zero attached hydrogens (tertiary/aromatic N) is 1. The molecule has 0 amide bonds. The summed E-state index contributed by atoms with van der Waals surface area (Å²) in [6.45, 7) is 6.15. The van der Waals surface area contributed by atoms with E-state index in [0.29, 0.717) is 0 Å². The summed E-state index contributed by atoms with van der Waals surface area (Å²) in [5, 5.41) is 8.83. The maximum Gasteiger partial charge on any atom is 0.319 e. The third kappa shape index (κ3) is 1.90. The number of hydrogen-bond donors (Lipinski definition) is 1. The molecule has 0 saturated heterocycles. The highest BCUT2D eigenvalue weighted by Gasteiger charge is 2.35. The van der Waals surface area contributed by atoms with Crippen molar-refractivity contribution in [2.24, 2.45) is 0 Å². The van der Waals surface area contributed by atoms with E-state index in [2.05, 4.69) is 24.8 Å². The number of carboxylic acid groups (broad SMARTS) is 1. The Morgan fingerprint density at radius 3 is 2.65 bits per heavy atom. The van der Waals surface area contributed by atoms with Crippen LogP contribution in [0.5, 0.6) is 0 Å². The van der Waals surface area contributed by atoms with E-state index in [-0.39, 0.29) is 6.04 Å². The molecule has 0 bridgehead atoms. The van der Waals surface area contributed by atoms with Crippen LogP contribution in [0.3, 0.4) is 0 Å². The van der Waals surface area contributed by atoms with E-state index >= 15 is 0 Å². The van der Waals surface area contributed by atoms with E-state index in [0.717, 1.165) is 4.90 Å². The van der Waals surface area contributed by atoms with Gasteiger partial charge in [0.2, 0.25) is 0 Å². The van der Waals surface area contributed by atoms with E-state index in [9.17, 15) is 9.90 Å². The fourth-order valence-corrected chi connectivity index (χ4v) is 3.52. The molecule has 92 valence electrons. The Bertz CT molecular complexity index is 473. The maximum absolute atomic E-state index is 11.2. The van der Waals surface area contributed by atoms with Crippen LogP contribution in [0.15, 0.2) is 17.0 Å². The topological polar surface area (TPSA) is 40.5 Å². The molecule has 1 aliphatic heterocycles. The van der Waals surface area contributed by atoms with Gasteiger partial charge in [0.25, 0.3) is 0 Å². The molecule has 0 radical (unpaired) electrons. The molecule has 2 atom stereocenters. The highest BCUT2D eigenvalue weighted by atomic mass is 32.2. The van der Waals surface area contributed by atoms with Crippen molar-refractivity contribution < 1.29 is 9.90 Å². The number of aryl methyl sites for hydroxylation is 1. The van der Waals surface area contributed by atoms with E-state index in [4.69, 9.17) is 0 Å². The number of carbonyl (C=O) groups is 1. The Morgan fingerprint density at radius 2 is 2.06 bits per heavy atom. The number of hydrogen-bond acceptors (Lipinski definition) is 3. The van der Waals surface area contributed by atoms with Crippen molar-refractivity contribution >= 4 is 23.4 Å². The summed E-state index contributed by atoms with van der Waals surface area (Å²) in [7, 11) is 1.98. The first-order valence-electron chi connectivity index (χ1n) is 5.66. The average molecular weight is 251 g/mol. The molecular formula is C13H17NO2S. The Balaban J connectivity index is 2.53. The molecule has 0 aromatic heterocycles. The maximum atomic E-state index is 11.2. The molecule has 0 spiro atoms. The van der Waals surface area contributed by atoms with Crippen molar-refractivity contribution in [3.63, 3.8) is 0 Å². The third-order valence-corrected chi connectivity index (χ3v) is 5.00. The first-order chi connectivity index (χ1) is 7.93. The molecule has 1 aromatic carbocycles. The minimum Gasteiger partial charge on any atom is -0.480 e. The molecule has 0 saturated carbocycles. The van der Waals surface area contributed by atoms with E-state index in [1.54, 1.807) is 0 Å². The van der Waals surface area contributed by atoms with Gasteiger partial charge in [0.1, 0.15) is 5.25 Å². The Kier molecular flexibility index (Phi) is 3.08. The number of carboxylic acids is 1. The molecule has 1 aromatic rings. The summed E-state index contributed by atoms with van der Waals surface area (Å²) in [5.41, 5.74) is 3.67. The van der Waals surface area contributed by atoms with Crippen molar-refractivity contribution in [3.05, 3.63) is 23.3 Å². The van der Waals surface area contributed by atoms with Gasteiger partial charge in [-0.2, -0.15) is 0 Å². The SMILES string of the molecule is Cc1ccc2c(c1C)N(C)C(C)C(C(=O)O)S2. The smallest absolute Gasteiger partial charge is 0.319 e. The normalized spacial score (nSPS) is 23.4. The zero-order valence-electron chi connectivity index (χ0n) is 10.5. The Labute approximate surface area is 106 Å². The van der Waals surface area contributed by atoms with Gasteiger partial charge in [-0.3, -0.25) is 4.79 Å². The van der Waals surface area contributed by atoms with Gasteiger partial charge in [-0.1, -0.05) is 6.07 Å². The monoisotopic (exact) mass is 251 g/mol. The quantitative estimate of drug-likeness (QED) is 0.833.